The molecule has 6 rings (SSSR count). The van der Waals surface area contributed by atoms with Crippen LogP contribution in [0.4, 0.5) is 0 Å². The second-order valence-electron chi connectivity index (χ2n) is 19.6. The number of ether oxygens (including phenoxy) is 2. The van der Waals surface area contributed by atoms with Crippen molar-refractivity contribution in [3.63, 3.8) is 0 Å². The highest BCUT2D eigenvalue weighted by Crippen LogP contribution is 2.41. The largest absolute Gasteiger partial charge is 0.508 e. The van der Waals surface area contributed by atoms with Crippen LogP contribution in [0.1, 0.15) is 91.5 Å². The molecule has 0 unspecified atom stereocenters. The van der Waals surface area contributed by atoms with E-state index in [2.05, 4.69) is 54.8 Å². The molecule has 2 fully saturated rings. The summed E-state index contributed by atoms with van der Waals surface area (Å²) in [6, 6.07) is 9.32. The minimum Gasteiger partial charge on any atom is -0.508 e. The van der Waals surface area contributed by atoms with E-state index in [1.54, 1.807) is 37.4 Å². The van der Waals surface area contributed by atoms with E-state index in [0.717, 1.165) is 45.3 Å². The van der Waals surface area contributed by atoms with Gasteiger partial charge in [0.2, 0.25) is 17.7 Å². The number of phenolic OH excluding ortho intramolecular Hbond substituents is 1. The van der Waals surface area contributed by atoms with Crippen molar-refractivity contribution in [2.24, 2.45) is 22.2 Å². The first-order valence-corrected chi connectivity index (χ1v) is 23.6. The summed E-state index contributed by atoms with van der Waals surface area (Å²) >= 11 is 0. The smallest absolute Gasteiger partial charge is 0.259 e. The van der Waals surface area contributed by atoms with Gasteiger partial charge in [-0.1, -0.05) is 52.5 Å². The fourth-order valence-electron chi connectivity index (χ4n) is 10.2. The zero-order chi connectivity index (χ0) is 49.0. The zero-order valence-electron chi connectivity index (χ0n) is 41.1. The topological polar surface area (TPSA) is 175 Å². The maximum Gasteiger partial charge on any atom is 0.259 e. The molecule has 0 saturated carbocycles. The number of aromatic nitrogens is 1. The fourth-order valence-corrected chi connectivity index (χ4v) is 10.2. The molecule has 362 valence electrons. The van der Waals surface area contributed by atoms with Gasteiger partial charge in [-0.2, -0.15) is 0 Å². The van der Waals surface area contributed by atoms with E-state index in [1.165, 1.54) is 16.8 Å². The number of nitrogens with one attached hydrogen (secondary N) is 2. The van der Waals surface area contributed by atoms with E-state index in [1.807, 2.05) is 45.9 Å². The number of likely N-dealkylation sites (N-methyl/N-ethyl adjacent to an activating group) is 1. The highest BCUT2D eigenvalue weighted by Gasteiger charge is 2.42. The predicted molar refractivity (Wildman–Crippen MR) is 261 cm³/mol. The van der Waals surface area contributed by atoms with Gasteiger partial charge >= 0.3 is 0 Å². The molecule has 0 aliphatic carbocycles. The number of aldehydes is 1. The minimum absolute atomic E-state index is 0.00649. The number of amides is 4. The van der Waals surface area contributed by atoms with Gasteiger partial charge in [-0.25, -0.2) is 5.43 Å². The highest BCUT2D eigenvalue weighted by molar-refractivity contribution is 5.96. The standard InChI is InChI=1S/C52H71N7O8/c1-12-40(45(53-13-2)33(6)66-11)47-42-27-51(8,9)30-67-31-52(29-60)19-15-20-59(55-52)50(65)43(54-48(63)46(32(4)5)56(10)49(64)37-18-21-57(28-37)34(7)61)24-35-22-38(25-39(62)23-35)36-16-17-44(41(42)26-36)58(47)14-3/h12-13,16-17,22-23,25-26,29,32-33,37,43,46,55,62H,1,14-15,18-21,24,27-28,30-31H2,2-11H3,(H,54,63)/b45-40+,53-13?/t33-,37-,43-,46-,52-/m0/s1. The van der Waals surface area contributed by atoms with Crippen LogP contribution in [0.3, 0.4) is 0 Å². The number of fused-ring (bicyclic) bond motifs is 6. The van der Waals surface area contributed by atoms with Gasteiger partial charge in [0.1, 0.15) is 29.7 Å². The molecule has 1 aromatic heterocycles. The molecule has 2 saturated heterocycles. The molecule has 4 amide bonds. The Kier molecular flexibility index (Phi) is 16.0. The molecule has 15 heteroatoms. The molecular weight excluding hydrogens is 851 g/mol. The Balaban J connectivity index is 1.49. The number of aryl methyl sites for hydroxylation is 1. The second-order valence-corrected chi connectivity index (χ2v) is 19.6. The Morgan fingerprint density at radius 3 is 2.49 bits per heavy atom. The first kappa shape index (κ1) is 50.8. The number of benzene rings is 2. The normalized spacial score (nSPS) is 22.6. The molecule has 15 nitrogen and oxygen atoms in total. The number of hydrogen-bond donors (Lipinski definition) is 3. The van der Waals surface area contributed by atoms with Crippen molar-refractivity contribution >= 4 is 52.6 Å². The molecule has 3 aromatic rings. The lowest BCUT2D eigenvalue weighted by atomic mass is 9.83. The molecule has 0 radical (unpaired) electrons. The number of likely N-dealkylation sites (tertiary alicyclic amines) is 1. The number of phenols is 1. The Morgan fingerprint density at radius 2 is 1.87 bits per heavy atom. The molecule has 3 N–H and O–H groups in total. The van der Waals surface area contributed by atoms with Crippen LogP contribution in [0.15, 0.2) is 59.7 Å². The molecule has 6 bridgehead atoms. The van der Waals surface area contributed by atoms with Crippen molar-refractivity contribution in [1.82, 2.24) is 30.1 Å². The van der Waals surface area contributed by atoms with Crippen LogP contribution >= 0.6 is 0 Å². The number of allylic oxidation sites excluding steroid dienone is 2. The monoisotopic (exact) mass is 922 g/mol. The molecule has 67 heavy (non-hydrogen) atoms. The summed E-state index contributed by atoms with van der Waals surface area (Å²) in [6.45, 7) is 21.6. The lowest BCUT2D eigenvalue weighted by Gasteiger charge is -2.42. The van der Waals surface area contributed by atoms with Crippen molar-refractivity contribution in [2.75, 3.05) is 47.0 Å². The summed E-state index contributed by atoms with van der Waals surface area (Å²) in [5.74, 6) is -2.17. The average molecular weight is 922 g/mol. The number of hydrogen-bond acceptors (Lipinski definition) is 10. The first-order valence-electron chi connectivity index (χ1n) is 23.6. The summed E-state index contributed by atoms with van der Waals surface area (Å²) in [5, 5.41) is 16.8. The van der Waals surface area contributed by atoms with Crippen molar-refractivity contribution in [1.29, 1.82) is 0 Å². The van der Waals surface area contributed by atoms with Crippen LogP contribution in [0.5, 0.6) is 5.75 Å². The van der Waals surface area contributed by atoms with Gasteiger partial charge in [0.05, 0.1) is 36.6 Å². The molecule has 2 aromatic carbocycles. The third kappa shape index (κ3) is 10.9. The lowest BCUT2D eigenvalue weighted by molar-refractivity contribution is -0.148. The van der Waals surface area contributed by atoms with Gasteiger partial charge in [0, 0.05) is 76.4 Å². The summed E-state index contributed by atoms with van der Waals surface area (Å²) < 4.78 is 14.6. The number of rotatable bonds is 12. The van der Waals surface area contributed by atoms with Gasteiger partial charge in [-0.15, -0.1) is 0 Å². The summed E-state index contributed by atoms with van der Waals surface area (Å²) in [7, 11) is 3.25. The van der Waals surface area contributed by atoms with Crippen LogP contribution in [0, 0.1) is 17.3 Å². The second kappa shape index (κ2) is 21.1. The Bertz CT molecular complexity index is 2440. The number of carbonyl (C=O) groups is 5. The van der Waals surface area contributed by atoms with Crippen molar-refractivity contribution in [3.8, 4) is 16.9 Å². The average Bonchev–Trinajstić information content (AvgIpc) is 3.91. The SMILES string of the molecule is C=C/C(=C(\N=CC)[C@H](C)OC)c1c2c3cc(ccc3n1CC)-c1cc(O)cc(c1)C[C@H](NC(=O)[C@H](C(C)C)N(C)C(=O)[C@H]1CCN(C(C)=O)C1)C(=O)N1CCC[C@](C=O)(COCC(C)(C)C2)N1. The number of methoxy groups -OCH3 is 1. The third-order valence-electron chi connectivity index (χ3n) is 13.6. The van der Waals surface area contributed by atoms with E-state index in [4.69, 9.17) is 14.5 Å². The van der Waals surface area contributed by atoms with Gasteiger partial charge in [-0.3, -0.25) is 29.2 Å². The highest BCUT2D eigenvalue weighted by atomic mass is 16.5. The van der Waals surface area contributed by atoms with Crippen molar-refractivity contribution in [2.45, 2.75) is 118 Å². The van der Waals surface area contributed by atoms with Crippen LogP contribution in [-0.4, -0.2) is 131 Å². The summed E-state index contributed by atoms with van der Waals surface area (Å²) in [6.07, 6.45) is 6.03. The first-order chi connectivity index (χ1) is 31.8. The number of carbonyl (C=O) groups excluding carboxylic acids is 5. The van der Waals surface area contributed by atoms with Gasteiger partial charge in [0.25, 0.3) is 5.91 Å². The van der Waals surface area contributed by atoms with E-state index in [-0.39, 0.29) is 62.3 Å². The van der Waals surface area contributed by atoms with Crippen molar-refractivity contribution < 1.29 is 38.6 Å². The van der Waals surface area contributed by atoms with Crippen LogP contribution in [0.25, 0.3) is 27.6 Å². The summed E-state index contributed by atoms with van der Waals surface area (Å²) in [4.78, 5) is 76.4. The quantitative estimate of drug-likeness (QED) is 0.110. The molecular formula is C52H71N7O8. The van der Waals surface area contributed by atoms with E-state index >= 15 is 0 Å². The maximum atomic E-state index is 14.8. The number of aliphatic imine (C=N–C) groups is 1. The molecule has 4 heterocycles. The number of nitrogens with zero attached hydrogens (tertiary/aromatic N) is 5. The molecule has 5 atom stereocenters. The van der Waals surface area contributed by atoms with Crippen molar-refractivity contribution in [3.05, 3.63) is 71.6 Å². The third-order valence-corrected chi connectivity index (χ3v) is 13.6. The Morgan fingerprint density at radius 1 is 1.12 bits per heavy atom. The van der Waals surface area contributed by atoms with Gasteiger partial charge in [-0.05, 0) is 104 Å². The lowest BCUT2D eigenvalue weighted by Crippen LogP contribution is -2.66. The molecule has 0 spiro atoms. The van der Waals surface area contributed by atoms with E-state index in [0.29, 0.717) is 49.9 Å². The summed E-state index contributed by atoms with van der Waals surface area (Å²) in [5.41, 5.74) is 8.24. The fraction of sp³-hybridized carbons (Fsp3) is 0.538. The van der Waals surface area contributed by atoms with Gasteiger partial charge < -0.3 is 39.1 Å². The number of aromatic hydroxyl groups is 1. The molecule has 3 aliphatic rings. The van der Waals surface area contributed by atoms with E-state index < -0.39 is 40.8 Å². The van der Waals surface area contributed by atoms with Gasteiger partial charge in [0.15, 0.2) is 0 Å². The minimum atomic E-state index is -1.23. The van der Waals surface area contributed by atoms with Crippen LogP contribution in [0.2, 0.25) is 0 Å². The number of hydrazine groups is 1. The predicted octanol–water partition coefficient (Wildman–Crippen LogP) is 6.10. The zero-order valence-corrected chi connectivity index (χ0v) is 41.1. The van der Waals surface area contributed by atoms with Crippen LogP contribution < -0.4 is 10.7 Å². The maximum absolute atomic E-state index is 14.8. The Labute approximate surface area is 395 Å². The Hall–Kier alpha value is -5.64. The molecule has 3 aliphatic heterocycles. The van der Waals surface area contributed by atoms with Crippen LogP contribution in [-0.2, 0) is 52.8 Å². The van der Waals surface area contributed by atoms with E-state index in [9.17, 15) is 29.1 Å².